The van der Waals surface area contributed by atoms with Crippen LogP contribution in [0.3, 0.4) is 0 Å². The molecule has 8 heteroatoms. The van der Waals surface area contributed by atoms with Gasteiger partial charge in [-0.25, -0.2) is 9.48 Å². The Balaban J connectivity index is 2.18. The van der Waals surface area contributed by atoms with Gasteiger partial charge in [-0.3, -0.25) is 0 Å². The highest BCUT2D eigenvalue weighted by Gasteiger charge is 2.21. The van der Waals surface area contributed by atoms with E-state index in [9.17, 15) is 9.90 Å². The molecule has 0 bridgehead atoms. The molecule has 1 atom stereocenters. The topological polar surface area (TPSA) is 118 Å². The van der Waals surface area contributed by atoms with Crippen molar-refractivity contribution in [3.63, 3.8) is 0 Å². The van der Waals surface area contributed by atoms with Crippen molar-refractivity contribution in [3.05, 3.63) is 41.7 Å². The number of aliphatic hydroxyl groups is 2. The molecule has 0 radical (unpaired) electrons. The second-order valence-electron chi connectivity index (χ2n) is 4.31. The first-order valence-corrected chi connectivity index (χ1v) is 6.24. The van der Waals surface area contributed by atoms with E-state index in [0.717, 1.165) is 0 Å². The molecule has 0 aliphatic rings. The minimum atomic E-state index is -1.23. The predicted molar refractivity (Wildman–Crippen MR) is 70.8 cm³/mol. The van der Waals surface area contributed by atoms with Crippen LogP contribution in [0, 0.1) is 0 Å². The largest absolute Gasteiger partial charge is 0.487 e. The number of benzene rings is 1. The zero-order valence-corrected chi connectivity index (χ0v) is 11.1. The number of aliphatic hydroxyl groups excluding tert-OH is 2. The number of carbonyl (C=O) groups is 1. The number of para-hydroxylation sites is 1. The minimum absolute atomic E-state index is 0.0587. The van der Waals surface area contributed by atoms with Crippen molar-refractivity contribution in [2.24, 2.45) is 0 Å². The van der Waals surface area contributed by atoms with E-state index in [1.165, 1.54) is 4.68 Å². The summed E-state index contributed by atoms with van der Waals surface area (Å²) in [6, 6.07) is 8.88. The average molecular weight is 293 g/mol. The average Bonchev–Trinajstić information content (AvgIpc) is 2.89. The van der Waals surface area contributed by atoms with Crippen LogP contribution < -0.4 is 4.74 Å². The maximum Gasteiger partial charge on any atom is 0.358 e. The first kappa shape index (κ1) is 14.9. The molecule has 2 aromatic rings. The zero-order valence-electron chi connectivity index (χ0n) is 11.1. The molecule has 21 heavy (non-hydrogen) atoms. The van der Waals surface area contributed by atoms with E-state index in [4.69, 9.17) is 14.9 Å². The Hall–Kier alpha value is -2.45. The lowest BCUT2D eigenvalue weighted by Gasteiger charge is -2.11. The Morgan fingerprint density at radius 3 is 2.67 bits per heavy atom. The molecule has 3 N–H and O–H groups in total. The number of ether oxygens (including phenoxy) is 1. The molecule has 0 spiro atoms. The molecule has 8 nitrogen and oxygen atoms in total. The number of aromatic nitrogens is 3. The molecule has 0 aliphatic carbocycles. The van der Waals surface area contributed by atoms with Crippen molar-refractivity contribution in [1.29, 1.82) is 0 Å². The summed E-state index contributed by atoms with van der Waals surface area (Å²) in [6.45, 7) is -0.581. The fraction of sp³-hybridized carbons (Fsp3) is 0.308. The first-order chi connectivity index (χ1) is 10.1. The van der Waals surface area contributed by atoms with Crippen LogP contribution >= 0.6 is 0 Å². The van der Waals surface area contributed by atoms with Crippen LogP contribution in [0.4, 0.5) is 0 Å². The van der Waals surface area contributed by atoms with Crippen LogP contribution in [-0.2, 0) is 13.2 Å². The summed E-state index contributed by atoms with van der Waals surface area (Å²) < 4.78 is 6.70. The lowest BCUT2D eigenvalue weighted by atomic mass is 10.3. The summed E-state index contributed by atoms with van der Waals surface area (Å²) in [5.74, 6) is -0.657. The number of rotatable bonds is 7. The second kappa shape index (κ2) is 6.82. The second-order valence-corrected chi connectivity index (χ2v) is 4.31. The Kier molecular flexibility index (Phi) is 4.85. The normalized spacial score (nSPS) is 12.1. The van der Waals surface area contributed by atoms with Gasteiger partial charge in [-0.2, -0.15) is 0 Å². The van der Waals surface area contributed by atoms with Crippen LogP contribution in [0.25, 0.3) is 0 Å². The summed E-state index contributed by atoms with van der Waals surface area (Å²) in [6.07, 6.45) is -1.05. The number of hydrogen-bond acceptors (Lipinski definition) is 6. The van der Waals surface area contributed by atoms with Gasteiger partial charge in [0.1, 0.15) is 18.1 Å². The van der Waals surface area contributed by atoms with Crippen LogP contribution in [0.15, 0.2) is 30.3 Å². The summed E-state index contributed by atoms with van der Waals surface area (Å²) in [4.78, 5) is 11.1. The van der Waals surface area contributed by atoms with Crippen LogP contribution in [0.2, 0.25) is 0 Å². The quantitative estimate of drug-likeness (QED) is 0.652. The Morgan fingerprint density at radius 1 is 1.33 bits per heavy atom. The van der Waals surface area contributed by atoms with E-state index in [0.29, 0.717) is 5.75 Å². The van der Waals surface area contributed by atoms with Gasteiger partial charge in [0, 0.05) is 0 Å². The Labute approximate surface area is 120 Å². The molecule has 112 valence electrons. The lowest BCUT2D eigenvalue weighted by Crippen LogP contribution is -2.23. The number of nitrogens with zero attached hydrogens (tertiary/aromatic N) is 3. The third-order valence-electron chi connectivity index (χ3n) is 2.75. The van der Waals surface area contributed by atoms with E-state index in [-0.39, 0.29) is 24.5 Å². The highest BCUT2D eigenvalue weighted by atomic mass is 16.5. The number of carboxylic acid groups (broad SMARTS) is 1. The maximum atomic E-state index is 11.1. The van der Waals surface area contributed by atoms with E-state index >= 15 is 0 Å². The van der Waals surface area contributed by atoms with Crippen molar-refractivity contribution in [1.82, 2.24) is 15.0 Å². The van der Waals surface area contributed by atoms with Gasteiger partial charge in [0.2, 0.25) is 0 Å². The number of aromatic carboxylic acids is 1. The van der Waals surface area contributed by atoms with Crippen molar-refractivity contribution in [2.45, 2.75) is 19.3 Å². The summed E-state index contributed by atoms with van der Waals surface area (Å²) >= 11 is 0. The summed E-state index contributed by atoms with van der Waals surface area (Å²) in [5, 5.41) is 34.6. The van der Waals surface area contributed by atoms with Gasteiger partial charge in [0.15, 0.2) is 5.69 Å². The molecule has 0 saturated heterocycles. The predicted octanol–water partition coefficient (Wildman–Crippen LogP) is -0.0915. The molecule has 0 amide bonds. The third kappa shape index (κ3) is 3.77. The molecule has 0 fully saturated rings. The summed E-state index contributed by atoms with van der Waals surface area (Å²) in [5.41, 5.74) is -0.0186. The van der Waals surface area contributed by atoms with E-state index in [1.54, 1.807) is 24.3 Å². The maximum absolute atomic E-state index is 11.1. The Morgan fingerprint density at radius 2 is 2.05 bits per heavy atom. The van der Waals surface area contributed by atoms with Crippen molar-refractivity contribution in [3.8, 4) is 5.75 Å². The highest BCUT2D eigenvalue weighted by molar-refractivity contribution is 5.86. The zero-order chi connectivity index (χ0) is 15.2. The molecular formula is C13H15N3O5. The highest BCUT2D eigenvalue weighted by Crippen LogP contribution is 2.14. The fourth-order valence-electron chi connectivity index (χ4n) is 1.71. The Bertz CT molecular complexity index is 599. The summed E-state index contributed by atoms with van der Waals surface area (Å²) in [7, 11) is 0. The van der Waals surface area contributed by atoms with Crippen LogP contribution in [-0.4, -0.2) is 49.0 Å². The molecule has 0 aliphatic heterocycles. The van der Waals surface area contributed by atoms with Crippen molar-refractivity contribution < 1.29 is 24.9 Å². The van der Waals surface area contributed by atoms with Crippen molar-refractivity contribution in [2.75, 3.05) is 6.61 Å². The molecular weight excluding hydrogens is 278 g/mol. The van der Waals surface area contributed by atoms with E-state index in [1.807, 2.05) is 6.07 Å². The van der Waals surface area contributed by atoms with Gasteiger partial charge in [-0.15, -0.1) is 5.10 Å². The van der Waals surface area contributed by atoms with Crippen LogP contribution in [0.5, 0.6) is 5.75 Å². The lowest BCUT2D eigenvalue weighted by molar-refractivity contribution is 0.0683. The third-order valence-corrected chi connectivity index (χ3v) is 2.75. The van der Waals surface area contributed by atoms with Crippen LogP contribution in [0.1, 0.15) is 16.2 Å². The first-order valence-electron chi connectivity index (χ1n) is 6.24. The molecule has 2 rings (SSSR count). The van der Waals surface area contributed by atoms with Gasteiger partial charge in [-0.05, 0) is 12.1 Å². The monoisotopic (exact) mass is 293 g/mol. The minimum Gasteiger partial charge on any atom is -0.487 e. The number of hydrogen-bond donors (Lipinski definition) is 3. The standard InChI is InChI=1S/C13H15N3O5/c17-7-9(18)6-16-11(12(13(19)20)14-15-16)8-21-10-4-2-1-3-5-10/h1-5,9,17-18H,6-8H2,(H,19,20). The molecule has 1 aromatic heterocycles. The van der Waals surface area contributed by atoms with Gasteiger partial charge in [0.25, 0.3) is 0 Å². The molecule has 1 heterocycles. The fourth-order valence-corrected chi connectivity index (χ4v) is 1.71. The van der Waals surface area contributed by atoms with Gasteiger partial charge < -0.3 is 20.1 Å². The number of carboxylic acids is 1. The van der Waals surface area contributed by atoms with Gasteiger partial charge >= 0.3 is 5.97 Å². The SMILES string of the molecule is O=C(O)c1nnn(CC(O)CO)c1COc1ccccc1. The van der Waals surface area contributed by atoms with Gasteiger partial charge in [-0.1, -0.05) is 23.4 Å². The van der Waals surface area contributed by atoms with E-state index in [2.05, 4.69) is 10.3 Å². The van der Waals surface area contributed by atoms with E-state index < -0.39 is 18.7 Å². The smallest absolute Gasteiger partial charge is 0.358 e. The molecule has 1 aromatic carbocycles. The molecule has 0 saturated carbocycles. The molecule has 1 unspecified atom stereocenters. The van der Waals surface area contributed by atoms with Crippen molar-refractivity contribution >= 4 is 5.97 Å². The van der Waals surface area contributed by atoms with Gasteiger partial charge in [0.05, 0.1) is 19.3 Å².